The lowest BCUT2D eigenvalue weighted by molar-refractivity contribution is -0.144. The highest BCUT2D eigenvalue weighted by molar-refractivity contribution is 7.80. The van der Waals surface area contributed by atoms with Gasteiger partial charge in [-0.05, 0) is 31.5 Å². The summed E-state index contributed by atoms with van der Waals surface area (Å²) in [6.45, 7) is 3.28. The van der Waals surface area contributed by atoms with Crippen molar-refractivity contribution in [3.8, 4) is 0 Å². The summed E-state index contributed by atoms with van der Waals surface area (Å²) in [4.78, 5) is 28.0. The van der Waals surface area contributed by atoms with E-state index in [1.807, 2.05) is 0 Å². The van der Waals surface area contributed by atoms with Crippen LogP contribution in [-0.2, 0) is 14.9 Å². The summed E-state index contributed by atoms with van der Waals surface area (Å²) in [5.41, 5.74) is -0.503. The molecule has 0 bridgehead atoms. The molecule has 7 nitrogen and oxygen atoms in total. The number of aromatic nitrogens is 3. The topological polar surface area (TPSA) is 85.6 Å². The molecule has 0 saturated heterocycles. The SMILES string of the molecule is CCOC(=O)[C@H](CS)NC(=O)c1cc2nc(C)cc(C(F)(F)Cl)n2n1. The number of carbonyl (C=O) groups is 2. The molecule has 1 N–H and O–H groups in total. The third-order valence-electron chi connectivity index (χ3n) is 3.14. The van der Waals surface area contributed by atoms with Gasteiger partial charge in [-0.25, -0.2) is 14.3 Å². The van der Waals surface area contributed by atoms with Gasteiger partial charge in [-0.15, -0.1) is 0 Å². The van der Waals surface area contributed by atoms with Crippen LogP contribution in [0.25, 0.3) is 5.65 Å². The van der Waals surface area contributed by atoms with Gasteiger partial charge in [0.25, 0.3) is 5.91 Å². The van der Waals surface area contributed by atoms with Crippen LogP contribution in [0.1, 0.15) is 28.8 Å². The minimum absolute atomic E-state index is 0.000301. The Labute approximate surface area is 152 Å². The van der Waals surface area contributed by atoms with Crippen molar-refractivity contribution in [2.45, 2.75) is 25.3 Å². The summed E-state index contributed by atoms with van der Waals surface area (Å²) in [5.74, 6) is -1.41. The predicted molar refractivity (Wildman–Crippen MR) is 89.2 cm³/mol. The predicted octanol–water partition coefficient (Wildman–Crippen LogP) is 1.92. The molecule has 2 aromatic heterocycles. The maximum atomic E-state index is 13.5. The summed E-state index contributed by atoms with van der Waals surface area (Å²) in [7, 11) is 0. The summed E-state index contributed by atoms with van der Waals surface area (Å²) in [6, 6.07) is 1.29. The minimum Gasteiger partial charge on any atom is -0.464 e. The number of ether oxygens (including phenoxy) is 1. The Morgan fingerprint density at radius 2 is 2.16 bits per heavy atom. The molecule has 25 heavy (non-hydrogen) atoms. The van der Waals surface area contributed by atoms with E-state index in [4.69, 9.17) is 16.3 Å². The van der Waals surface area contributed by atoms with Crippen LogP contribution in [0.15, 0.2) is 12.1 Å². The fourth-order valence-corrected chi connectivity index (χ4v) is 2.44. The number of amides is 1. The van der Waals surface area contributed by atoms with Gasteiger partial charge >= 0.3 is 11.4 Å². The van der Waals surface area contributed by atoms with E-state index < -0.39 is 29.0 Å². The van der Waals surface area contributed by atoms with Gasteiger partial charge in [-0.3, -0.25) is 4.79 Å². The largest absolute Gasteiger partial charge is 0.464 e. The zero-order valence-corrected chi connectivity index (χ0v) is 14.9. The van der Waals surface area contributed by atoms with Crippen molar-refractivity contribution < 1.29 is 23.1 Å². The third-order valence-corrected chi connectivity index (χ3v) is 3.70. The first-order valence-electron chi connectivity index (χ1n) is 7.20. The lowest BCUT2D eigenvalue weighted by Crippen LogP contribution is -2.43. The van der Waals surface area contributed by atoms with Crippen LogP contribution in [0.5, 0.6) is 0 Å². The molecule has 0 aromatic carbocycles. The summed E-state index contributed by atoms with van der Waals surface area (Å²) in [6.07, 6.45) is 0. The Balaban J connectivity index is 2.35. The van der Waals surface area contributed by atoms with Gasteiger partial charge in [0, 0.05) is 17.5 Å². The number of nitrogens with one attached hydrogen (secondary N) is 1. The molecular formula is C14H15ClF2N4O3S. The molecule has 1 amide bonds. The lowest BCUT2D eigenvalue weighted by Gasteiger charge is -2.14. The maximum Gasteiger partial charge on any atom is 0.364 e. The number of carbonyl (C=O) groups excluding carboxylic acids is 2. The molecule has 136 valence electrons. The first-order valence-corrected chi connectivity index (χ1v) is 8.21. The second-order valence-corrected chi connectivity index (χ2v) is 5.88. The van der Waals surface area contributed by atoms with Gasteiger partial charge in [-0.1, -0.05) is 0 Å². The van der Waals surface area contributed by atoms with Crippen LogP contribution >= 0.6 is 24.2 Å². The molecule has 2 rings (SSSR count). The van der Waals surface area contributed by atoms with Crippen molar-refractivity contribution in [2.75, 3.05) is 12.4 Å². The Bertz CT molecular complexity index is 809. The van der Waals surface area contributed by atoms with Gasteiger partial charge in [0.2, 0.25) is 0 Å². The number of halogens is 3. The number of rotatable bonds is 6. The van der Waals surface area contributed by atoms with Gasteiger partial charge in [0.05, 0.1) is 6.61 Å². The number of esters is 1. The smallest absolute Gasteiger partial charge is 0.364 e. The van der Waals surface area contributed by atoms with Crippen LogP contribution in [0.2, 0.25) is 0 Å². The second-order valence-electron chi connectivity index (χ2n) is 5.04. The minimum atomic E-state index is -3.69. The normalized spacial score (nSPS) is 12.9. The monoisotopic (exact) mass is 392 g/mol. The maximum absolute atomic E-state index is 13.5. The zero-order valence-electron chi connectivity index (χ0n) is 13.3. The number of fused-ring (bicyclic) bond motifs is 1. The van der Waals surface area contributed by atoms with Gasteiger partial charge < -0.3 is 10.1 Å². The Morgan fingerprint density at radius 3 is 2.72 bits per heavy atom. The first-order chi connectivity index (χ1) is 11.7. The number of aryl methyl sites for hydroxylation is 1. The number of hydrogen-bond acceptors (Lipinski definition) is 6. The van der Waals surface area contributed by atoms with Crippen molar-refractivity contribution in [2.24, 2.45) is 0 Å². The average Bonchev–Trinajstić information content (AvgIpc) is 2.94. The van der Waals surface area contributed by atoms with Gasteiger partial charge in [-0.2, -0.15) is 26.5 Å². The number of hydrogen-bond donors (Lipinski definition) is 2. The molecule has 0 saturated carbocycles. The van der Waals surface area contributed by atoms with Crippen molar-refractivity contribution >= 4 is 41.8 Å². The number of alkyl halides is 3. The highest BCUT2D eigenvalue weighted by Gasteiger charge is 2.33. The van der Waals surface area contributed by atoms with Crippen molar-refractivity contribution in [1.82, 2.24) is 19.9 Å². The summed E-state index contributed by atoms with van der Waals surface area (Å²) in [5, 5.41) is 2.51. The van der Waals surface area contributed by atoms with Crippen LogP contribution in [0, 0.1) is 6.92 Å². The fraction of sp³-hybridized carbons (Fsp3) is 0.429. The molecule has 0 fully saturated rings. The second kappa shape index (κ2) is 7.52. The Kier molecular flexibility index (Phi) is 5.83. The van der Waals surface area contributed by atoms with Crippen LogP contribution < -0.4 is 5.32 Å². The zero-order chi connectivity index (χ0) is 18.8. The molecule has 0 radical (unpaired) electrons. The quantitative estimate of drug-likeness (QED) is 0.445. The van der Waals surface area contributed by atoms with E-state index in [1.165, 1.54) is 13.0 Å². The molecule has 11 heteroatoms. The number of nitrogens with zero attached hydrogens (tertiary/aromatic N) is 3. The first kappa shape index (κ1) is 19.4. The highest BCUT2D eigenvalue weighted by atomic mass is 35.5. The van der Waals surface area contributed by atoms with Crippen LogP contribution in [0.3, 0.4) is 0 Å². The van der Waals surface area contributed by atoms with E-state index in [-0.39, 0.29) is 29.4 Å². The molecule has 1 atom stereocenters. The Morgan fingerprint density at radius 1 is 1.48 bits per heavy atom. The summed E-state index contributed by atoms with van der Waals surface area (Å²) < 4.78 is 32.7. The van der Waals surface area contributed by atoms with Crippen LogP contribution in [0.4, 0.5) is 8.78 Å². The molecule has 0 aliphatic rings. The van der Waals surface area contributed by atoms with Crippen molar-refractivity contribution in [3.05, 3.63) is 29.2 Å². The average molecular weight is 393 g/mol. The standard InChI is InChI=1S/C14H15ClF2N4O3S/c1-3-24-13(23)9(6-25)19-12(22)8-5-11-18-7(2)4-10(14(15,16)17)21(11)20-8/h4-5,9,25H,3,6H2,1-2H3,(H,19,22)/t9-/m0/s1. The van der Waals surface area contributed by atoms with E-state index in [2.05, 4.69) is 28.0 Å². The van der Waals surface area contributed by atoms with Gasteiger partial charge in [0.15, 0.2) is 11.3 Å². The molecule has 0 unspecified atom stereocenters. The van der Waals surface area contributed by atoms with E-state index in [0.717, 1.165) is 10.6 Å². The third kappa shape index (κ3) is 4.37. The summed E-state index contributed by atoms with van der Waals surface area (Å²) >= 11 is 9.07. The molecule has 0 spiro atoms. The molecule has 0 aliphatic heterocycles. The van der Waals surface area contributed by atoms with Crippen molar-refractivity contribution in [1.29, 1.82) is 0 Å². The van der Waals surface area contributed by atoms with E-state index in [0.29, 0.717) is 0 Å². The molecule has 2 heterocycles. The Hall–Kier alpha value is -1.94. The lowest BCUT2D eigenvalue weighted by atomic mass is 10.3. The molecule has 2 aromatic rings. The van der Waals surface area contributed by atoms with E-state index in [9.17, 15) is 18.4 Å². The molecule has 0 aliphatic carbocycles. The fourth-order valence-electron chi connectivity index (χ4n) is 2.07. The highest BCUT2D eigenvalue weighted by Crippen LogP contribution is 2.32. The van der Waals surface area contributed by atoms with E-state index in [1.54, 1.807) is 6.92 Å². The number of thiol groups is 1. The molecular weight excluding hydrogens is 378 g/mol. The van der Waals surface area contributed by atoms with Crippen molar-refractivity contribution in [3.63, 3.8) is 0 Å². The van der Waals surface area contributed by atoms with E-state index >= 15 is 0 Å². The van der Waals surface area contributed by atoms with Crippen LogP contribution in [-0.4, -0.2) is 44.9 Å². The van der Waals surface area contributed by atoms with Gasteiger partial charge in [0.1, 0.15) is 11.7 Å².